The van der Waals surface area contributed by atoms with Gasteiger partial charge in [-0.15, -0.1) is 0 Å². The molecular weight excluding hydrogens is 646 g/mol. The van der Waals surface area contributed by atoms with Gasteiger partial charge in [0.2, 0.25) is 0 Å². The minimum atomic E-state index is -0.172. The molecule has 5 aromatic rings. The first-order valence-electron chi connectivity index (χ1n) is 16.6. The van der Waals surface area contributed by atoms with Crippen LogP contribution in [-0.4, -0.2) is 0 Å². The maximum atomic E-state index is 4.20. The lowest BCUT2D eigenvalue weighted by atomic mass is 9.81. The SMILES string of the molecule is C=C/C=C(\C=C)c1ccc(N(c2ccc(-c3cccc4ccccc34)cc2)c2cc(Br)c3c(c2)C(/C=C\C)=C(C=C)C3(C)C)cc1.CC. The van der Waals surface area contributed by atoms with E-state index in [0.29, 0.717) is 0 Å². The molecule has 0 aliphatic heterocycles. The zero-order valence-corrected chi connectivity index (χ0v) is 30.3. The van der Waals surface area contributed by atoms with Gasteiger partial charge in [0.1, 0.15) is 0 Å². The molecule has 0 unspecified atom stereocenters. The molecule has 0 amide bonds. The molecule has 0 fully saturated rings. The fraction of sp³-hybridized carbons (Fsp3) is 0.130. The van der Waals surface area contributed by atoms with Crippen molar-refractivity contribution in [3.05, 3.63) is 186 Å². The van der Waals surface area contributed by atoms with E-state index in [1.54, 1.807) is 6.08 Å². The molecule has 0 saturated carbocycles. The van der Waals surface area contributed by atoms with Crippen molar-refractivity contribution in [3.63, 3.8) is 0 Å². The molecule has 240 valence electrons. The summed E-state index contributed by atoms with van der Waals surface area (Å²) in [7, 11) is 0. The quantitative estimate of drug-likeness (QED) is 0.139. The second kappa shape index (κ2) is 14.9. The Balaban J connectivity index is 0.00000221. The van der Waals surface area contributed by atoms with Crippen LogP contribution in [0.2, 0.25) is 0 Å². The summed E-state index contributed by atoms with van der Waals surface area (Å²) in [6.07, 6.45) is 12.0. The summed E-state index contributed by atoms with van der Waals surface area (Å²) in [5, 5.41) is 2.49. The number of halogens is 1. The fourth-order valence-corrected chi connectivity index (χ4v) is 7.77. The predicted molar refractivity (Wildman–Crippen MR) is 216 cm³/mol. The molecule has 1 nitrogen and oxygen atoms in total. The van der Waals surface area contributed by atoms with Crippen molar-refractivity contribution in [1.29, 1.82) is 0 Å². The highest BCUT2D eigenvalue weighted by Gasteiger charge is 2.38. The molecule has 0 saturated heterocycles. The summed E-state index contributed by atoms with van der Waals surface area (Å²) < 4.78 is 1.08. The normalized spacial score (nSPS) is 13.6. The number of hydrogen-bond donors (Lipinski definition) is 0. The van der Waals surface area contributed by atoms with Crippen LogP contribution in [0, 0.1) is 0 Å². The molecule has 0 radical (unpaired) electrons. The van der Waals surface area contributed by atoms with Crippen LogP contribution in [0.1, 0.15) is 51.3 Å². The Morgan fingerprint density at radius 3 is 2.02 bits per heavy atom. The molecule has 0 spiro atoms. The first kappa shape index (κ1) is 34.4. The van der Waals surface area contributed by atoms with E-state index in [1.165, 1.54) is 44.2 Å². The highest BCUT2D eigenvalue weighted by atomic mass is 79.9. The van der Waals surface area contributed by atoms with E-state index in [2.05, 4.69) is 177 Å². The maximum Gasteiger partial charge on any atom is 0.0479 e. The summed E-state index contributed by atoms with van der Waals surface area (Å²) in [5.74, 6) is 0. The smallest absolute Gasteiger partial charge is 0.0479 e. The number of anilines is 3. The van der Waals surface area contributed by atoms with Gasteiger partial charge in [-0.1, -0.05) is 167 Å². The van der Waals surface area contributed by atoms with E-state index in [4.69, 9.17) is 0 Å². The van der Waals surface area contributed by atoms with Crippen LogP contribution in [0.5, 0.6) is 0 Å². The van der Waals surface area contributed by atoms with Crippen LogP contribution in [0.4, 0.5) is 17.1 Å². The van der Waals surface area contributed by atoms with Gasteiger partial charge in [-0.05, 0) is 98.6 Å². The van der Waals surface area contributed by atoms with Crippen molar-refractivity contribution in [2.45, 2.75) is 40.0 Å². The molecule has 2 heteroatoms. The van der Waals surface area contributed by atoms with Crippen LogP contribution in [0.25, 0.3) is 33.0 Å². The number of benzene rings is 5. The van der Waals surface area contributed by atoms with E-state index in [-0.39, 0.29) is 5.41 Å². The zero-order chi connectivity index (χ0) is 34.4. The fourth-order valence-electron chi connectivity index (χ4n) is 6.82. The van der Waals surface area contributed by atoms with Crippen LogP contribution in [0.15, 0.2) is 169 Å². The van der Waals surface area contributed by atoms with Crippen molar-refractivity contribution in [1.82, 2.24) is 0 Å². The van der Waals surface area contributed by atoms with Gasteiger partial charge in [0, 0.05) is 26.9 Å². The lowest BCUT2D eigenvalue weighted by molar-refractivity contribution is 0.651. The Bertz CT molecular complexity index is 2060. The van der Waals surface area contributed by atoms with Crippen molar-refractivity contribution in [2.75, 3.05) is 4.90 Å². The summed E-state index contributed by atoms with van der Waals surface area (Å²) in [5.41, 5.74) is 12.5. The molecule has 6 rings (SSSR count). The molecular formula is C46H44BrN. The average Bonchev–Trinajstić information content (AvgIpc) is 3.33. The van der Waals surface area contributed by atoms with Gasteiger partial charge in [-0.25, -0.2) is 0 Å². The minimum absolute atomic E-state index is 0.172. The van der Waals surface area contributed by atoms with Crippen molar-refractivity contribution >= 4 is 54.9 Å². The van der Waals surface area contributed by atoms with E-state index in [1.807, 2.05) is 32.1 Å². The predicted octanol–water partition coefficient (Wildman–Crippen LogP) is 14.3. The molecule has 5 aromatic carbocycles. The number of nitrogens with zero attached hydrogens (tertiary/aromatic N) is 1. The third-order valence-corrected chi connectivity index (χ3v) is 9.58. The summed E-state index contributed by atoms with van der Waals surface area (Å²) in [6.45, 7) is 22.7. The average molecular weight is 691 g/mol. The van der Waals surface area contributed by atoms with Gasteiger partial charge in [-0.2, -0.15) is 0 Å². The Kier molecular flexibility index (Phi) is 10.7. The summed E-state index contributed by atoms with van der Waals surface area (Å²) in [6, 6.07) is 37.2. The van der Waals surface area contributed by atoms with Crippen LogP contribution < -0.4 is 4.90 Å². The van der Waals surface area contributed by atoms with Crippen LogP contribution in [-0.2, 0) is 5.41 Å². The molecule has 1 aliphatic rings. The van der Waals surface area contributed by atoms with Crippen molar-refractivity contribution in [2.24, 2.45) is 0 Å². The zero-order valence-electron chi connectivity index (χ0n) is 28.7. The van der Waals surface area contributed by atoms with E-state index in [0.717, 1.165) is 32.7 Å². The van der Waals surface area contributed by atoms with Gasteiger partial charge in [0.05, 0.1) is 0 Å². The summed E-state index contributed by atoms with van der Waals surface area (Å²) in [4.78, 5) is 2.33. The Morgan fingerprint density at radius 1 is 0.750 bits per heavy atom. The first-order valence-corrected chi connectivity index (χ1v) is 17.4. The number of fused-ring (bicyclic) bond motifs is 2. The van der Waals surface area contributed by atoms with Gasteiger partial charge in [0.25, 0.3) is 0 Å². The van der Waals surface area contributed by atoms with Crippen molar-refractivity contribution in [3.8, 4) is 11.1 Å². The molecule has 0 N–H and O–H groups in total. The van der Waals surface area contributed by atoms with Gasteiger partial charge in [-0.3, -0.25) is 0 Å². The Hall–Kier alpha value is -4.92. The van der Waals surface area contributed by atoms with Gasteiger partial charge in [0.15, 0.2) is 0 Å². The largest absolute Gasteiger partial charge is 0.310 e. The summed E-state index contributed by atoms with van der Waals surface area (Å²) >= 11 is 4.01. The van der Waals surface area contributed by atoms with Crippen LogP contribution >= 0.6 is 15.9 Å². The molecule has 0 atom stereocenters. The number of hydrogen-bond acceptors (Lipinski definition) is 1. The van der Waals surface area contributed by atoms with Crippen LogP contribution in [0.3, 0.4) is 0 Å². The molecule has 48 heavy (non-hydrogen) atoms. The lowest BCUT2D eigenvalue weighted by Gasteiger charge is -2.29. The second-order valence-electron chi connectivity index (χ2n) is 12.0. The van der Waals surface area contributed by atoms with Gasteiger partial charge >= 0.3 is 0 Å². The van der Waals surface area contributed by atoms with Gasteiger partial charge < -0.3 is 4.90 Å². The first-order chi connectivity index (χ1) is 23.3. The minimum Gasteiger partial charge on any atom is -0.310 e. The number of rotatable bonds is 9. The second-order valence-corrected chi connectivity index (χ2v) is 12.9. The van der Waals surface area contributed by atoms with E-state index in [9.17, 15) is 0 Å². The standard InChI is InChI=1S/C44H38BrN.C2H6/c1-7-14-30(9-3)31-20-24-34(25-21-31)46(35-26-22-33(23-27-35)38-19-13-17-32-16-11-12-18-37(32)38)36-28-40-39(15-8-2)41(10-4)44(5,6)43(40)42(45)29-36;1-2/h7-29H,1,3-4H2,2,5-6H3;1-2H3/b15-8-,30-14+;. The Labute approximate surface area is 295 Å². The monoisotopic (exact) mass is 689 g/mol. The lowest BCUT2D eigenvalue weighted by Crippen LogP contribution is -2.17. The highest BCUT2D eigenvalue weighted by Crippen LogP contribution is 2.52. The van der Waals surface area contributed by atoms with E-state index < -0.39 is 0 Å². The highest BCUT2D eigenvalue weighted by molar-refractivity contribution is 9.10. The molecule has 0 bridgehead atoms. The maximum absolute atomic E-state index is 4.20. The molecule has 0 aromatic heterocycles. The van der Waals surface area contributed by atoms with Crippen molar-refractivity contribution < 1.29 is 0 Å². The topological polar surface area (TPSA) is 3.24 Å². The molecule has 1 aliphatic carbocycles. The molecule has 0 heterocycles. The third-order valence-electron chi connectivity index (χ3n) is 8.95. The third kappa shape index (κ3) is 6.33. The number of allylic oxidation sites excluding steroid dienone is 9. The Morgan fingerprint density at radius 2 is 1.40 bits per heavy atom. The van der Waals surface area contributed by atoms with E-state index >= 15 is 0 Å².